The van der Waals surface area contributed by atoms with Crippen molar-refractivity contribution in [3.05, 3.63) is 108 Å². The number of ether oxygens (including phenoxy) is 8. The van der Waals surface area contributed by atoms with Crippen LogP contribution in [0.5, 0.6) is 0 Å². The zero-order chi connectivity index (χ0) is 30.0. The van der Waals surface area contributed by atoms with Gasteiger partial charge in [0.05, 0.1) is 23.3 Å². The van der Waals surface area contributed by atoms with Crippen LogP contribution in [0.15, 0.2) is 91.0 Å². The Bertz CT molecular complexity index is 1470. The molecular formula is C33H30O11. The Morgan fingerprint density at radius 2 is 1.23 bits per heavy atom. The van der Waals surface area contributed by atoms with Crippen molar-refractivity contribution in [1.82, 2.24) is 0 Å². The Kier molecular flexibility index (Phi) is 8.11. The summed E-state index contributed by atoms with van der Waals surface area (Å²) in [6, 6.07) is 25.5. The fourth-order valence-electron chi connectivity index (χ4n) is 5.64. The minimum atomic E-state index is -1.12. The minimum absolute atomic E-state index is 0.0156. The summed E-state index contributed by atoms with van der Waals surface area (Å²) in [5.41, 5.74) is 1.02. The minimum Gasteiger partial charge on any atom is -0.459 e. The van der Waals surface area contributed by atoms with Crippen molar-refractivity contribution in [2.45, 2.75) is 61.7 Å². The van der Waals surface area contributed by atoms with Crippen LogP contribution >= 0.6 is 0 Å². The van der Waals surface area contributed by atoms with E-state index in [4.69, 9.17) is 37.9 Å². The number of epoxide rings is 1. The van der Waals surface area contributed by atoms with Gasteiger partial charge in [-0.15, -0.1) is 0 Å². The van der Waals surface area contributed by atoms with Gasteiger partial charge in [0.25, 0.3) is 0 Å². The number of carbonyl (C=O) groups excluding carboxylic acids is 3. The number of esters is 3. The van der Waals surface area contributed by atoms with Gasteiger partial charge in [0, 0.05) is 6.42 Å². The number of benzene rings is 3. The average Bonchev–Trinajstić information content (AvgIpc) is 3.76. The van der Waals surface area contributed by atoms with Crippen molar-refractivity contribution in [2.24, 2.45) is 0 Å². The zero-order valence-corrected chi connectivity index (χ0v) is 23.5. The molecule has 4 aliphatic rings. The molecule has 44 heavy (non-hydrogen) atoms. The Labute approximate surface area is 252 Å². The number of carbonyl (C=O) groups is 3. The van der Waals surface area contributed by atoms with E-state index in [0.29, 0.717) is 23.3 Å². The molecule has 0 aliphatic carbocycles. The fraction of sp³-hybridized carbons (Fsp3) is 0.364. The molecule has 0 aromatic heterocycles. The molecule has 9 atom stereocenters. The largest absolute Gasteiger partial charge is 0.459 e. The van der Waals surface area contributed by atoms with Gasteiger partial charge in [-0.1, -0.05) is 54.6 Å². The second-order valence-electron chi connectivity index (χ2n) is 10.9. The summed E-state index contributed by atoms with van der Waals surface area (Å²) in [5, 5.41) is 0. The highest BCUT2D eigenvalue weighted by molar-refractivity contribution is 5.90. The highest BCUT2D eigenvalue weighted by atomic mass is 16.8. The summed E-state index contributed by atoms with van der Waals surface area (Å²) in [6.45, 7) is 0.0698. The van der Waals surface area contributed by atoms with E-state index in [0.717, 1.165) is 0 Å². The molecule has 3 aromatic carbocycles. The Morgan fingerprint density at radius 1 is 0.659 bits per heavy atom. The second-order valence-corrected chi connectivity index (χ2v) is 10.9. The van der Waals surface area contributed by atoms with Crippen LogP contribution in [0.2, 0.25) is 0 Å². The van der Waals surface area contributed by atoms with E-state index in [2.05, 4.69) is 0 Å². The van der Waals surface area contributed by atoms with E-state index in [1.807, 2.05) is 0 Å². The molecule has 11 nitrogen and oxygen atoms in total. The summed E-state index contributed by atoms with van der Waals surface area (Å²) in [6.07, 6.45) is -5.91. The van der Waals surface area contributed by atoms with E-state index in [1.54, 1.807) is 91.0 Å². The number of fused-ring (bicyclic) bond motifs is 4. The third-order valence-electron chi connectivity index (χ3n) is 7.96. The van der Waals surface area contributed by atoms with Gasteiger partial charge in [-0.05, 0) is 36.4 Å². The SMILES string of the molecule is O=C(OC[C@H]1O[C@@H](O[C@H]2[C@@H]3O[C@@H]3[C@@H]3OC[C@H]2O3)[C@H](OC(=O)c2ccccc2)C[C@@H]1OC(=O)c1ccccc1)c1ccccc1. The zero-order valence-electron chi connectivity index (χ0n) is 23.5. The van der Waals surface area contributed by atoms with Gasteiger partial charge in [0.1, 0.15) is 43.2 Å². The van der Waals surface area contributed by atoms with Crippen LogP contribution in [0.4, 0.5) is 0 Å². The molecule has 2 bridgehead atoms. The second kappa shape index (κ2) is 12.5. The van der Waals surface area contributed by atoms with Crippen LogP contribution in [-0.2, 0) is 37.9 Å². The summed E-state index contributed by atoms with van der Waals surface area (Å²) in [5.74, 6) is -1.77. The molecular weight excluding hydrogens is 572 g/mol. The standard InChI is InChI=1S/C33H30O11/c34-29(19-10-4-1-5-11-19)37-17-24-22(39-30(35)20-12-6-2-7-13-20)16-23(40-31(36)21-14-8-3-9-15-21)32(41-24)44-26-25-18-38-33(42-25)28-27(26)43-28/h1-15,22-28,32-33H,16-18H2/t22-,23+,24+,25+,26+,27-,28-,32-,33+/m0/s1. The smallest absolute Gasteiger partial charge is 0.338 e. The van der Waals surface area contributed by atoms with Crippen molar-refractivity contribution in [2.75, 3.05) is 13.2 Å². The Morgan fingerprint density at radius 3 is 1.84 bits per heavy atom. The van der Waals surface area contributed by atoms with Crippen molar-refractivity contribution in [1.29, 1.82) is 0 Å². The van der Waals surface area contributed by atoms with Crippen molar-refractivity contribution >= 4 is 17.9 Å². The monoisotopic (exact) mass is 602 g/mol. The van der Waals surface area contributed by atoms with E-state index in [-0.39, 0.29) is 25.2 Å². The van der Waals surface area contributed by atoms with E-state index in [1.165, 1.54) is 0 Å². The lowest BCUT2D eigenvalue weighted by Gasteiger charge is -2.41. The van der Waals surface area contributed by atoms with Crippen molar-refractivity contribution in [3.8, 4) is 0 Å². The van der Waals surface area contributed by atoms with E-state index < -0.39 is 61.0 Å². The highest BCUT2D eigenvalue weighted by Gasteiger charge is 2.63. The molecule has 4 heterocycles. The van der Waals surface area contributed by atoms with Crippen LogP contribution < -0.4 is 0 Å². The summed E-state index contributed by atoms with van der Waals surface area (Å²) in [7, 11) is 0. The first-order chi connectivity index (χ1) is 21.5. The first-order valence-corrected chi connectivity index (χ1v) is 14.5. The summed E-state index contributed by atoms with van der Waals surface area (Å²) in [4.78, 5) is 39.1. The van der Waals surface area contributed by atoms with Gasteiger partial charge in [0.15, 0.2) is 18.7 Å². The Balaban J connectivity index is 1.14. The normalized spacial score (nSPS) is 31.8. The molecule has 7 rings (SSSR count). The topological polar surface area (TPSA) is 128 Å². The van der Waals surface area contributed by atoms with Crippen LogP contribution in [0.3, 0.4) is 0 Å². The van der Waals surface area contributed by atoms with Crippen LogP contribution in [-0.4, -0.2) is 86.4 Å². The molecule has 0 unspecified atom stereocenters. The predicted octanol–water partition coefficient (Wildman–Crippen LogP) is 3.32. The third-order valence-corrected chi connectivity index (χ3v) is 7.96. The van der Waals surface area contributed by atoms with Crippen molar-refractivity contribution < 1.29 is 52.3 Å². The lowest BCUT2D eigenvalue weighted by Crippen LogP contribution is -2.56. The van der Waals surface area contributed by atoms with E-state index in [9.17, 15) is 14.4 Å². The maximum atomic E-state index is 13.2. The molecule has 0 spiro atoms. The maximum absolute atomic E-state index is 13.2. The first-order valence-electron chi connectivity index (χ1n) is 14.5. The average molecular weight is 603 g/mol. The maximum Gasteiger partial charge on any atom is 0.338 e. The molecule has 4 fully saturated rings. The van der Waals surface area contributed by atoms with Gasteiger partial charge in [-0.3, -0.25) is 0 Å². The van der Waals surface area contributed by atoms with Crippen molar-refractivity contribution in [3.63, 3.8) is 0 Å². The molecule has 3 aromatic rings. The molecule has 228 valence electrons. The lowest BCUT2D eigenvalue weighted by atomic mass is 10.0. The molecule has 0 amide bonds. The molecule has 0 N–H and O–H groups in total. The van der Waals surface area contributed by atoms with Gasteiger partial charge < -0.3 is 37.9 Å². The highest BCUT2D eigenvalue weighted by Crippen LogP contribution is 2.44. The number of hydrogen-bond acceptors (Lipinski definition) is 11. The van der Waals surface area contributed by atoms with Gasteiger partial charge in [0.2, 0.25) is 0 Å². The van der Waals surface area contributed by atoms with Gasteiger partial charge >= 0.3 is 17.9 Å². The molecule has 11 heteroatoms. The number of hydrogen-bond donors (Lipinski definition) is 0. The molecule has 4 saturated heterocycles. The van der Waals surface area contributed by atoms with Gasteiger partial charge in [-0.2, -0.15) is 0 Å². The quantitative estimate of drug-likeness (QED) is 0.203. The molecule has 4 aliphatic heterocycles. The summed E-state index contributed by atoms with van der Waals surface area (Å²) < 4.78 is 47.5. The lowest BCUT2D eigenvalue weighted by molar-refractivity contribution is -0.293. The molecule has 0 saturated carbocycles. The van der Waals surface area contributed by atoms with Crippen LogP contribution in [0.25, 0.3) is 0 Å². The third kappa shape index (κ3) is 6.10. The first kappa shape index (κ1) is 28.6. The molecule has 0 radical (unpaired) electrons. The summed E-state index contributed by atoms with van der Waals surface area (Å²) >= 11 is 0. The number of rotatable bonds is 9. The van der Waals surface area contributed by atoms with Gasteiger partial charge in [-0.25, -0.2) is 14.4 Å². The Hall–Kier alpha value is -4.13. The van der Waals surface area contributed by atoms with Crippen LogP contribution in [0, 0.1) is 0 Å². The van der Waals surface area contributed by atoms with E-state index >= 15 is 0 Å². The fourth-order valence-corrected chi connectivity index (χ4v) is 5.64. The predicted molar refractivity (Wildman–Crippen MR) is 149 cm³/mol. The van der Waals surface area contributed by atoms with Crippen LogP contribution in [0.1, 0.15) is 37.5 Å².